The monoisotopic (exact) mass is 396 g/mol. The highest BCUT2D eigenvalue weighted by atomic mass is 19.4. The maximum absolute atomic E-state index is 12.7. The number of hydrogen-bond acceptors (Lipinski definition) is 3. The Morgan fingerprint density at radius 1 is 1.21 bits per heavy atom. The molecule has 0 aliphatic carbocycles. The lowest BCUT2D eigenvalue weighted by Crippen LogP contribution is -2.56. The van der Waals surface area contributed by atoms with Gasteiger partial charge >= 0.3 is 6.18 Å². The van der Waals surface area contributed by atoms with Crippen LogP contribution < -0.4 is 10.6 Å². The van der Waals surface area contributed by atoms with Gasteiger partial charge in [-0.05, 0) is 32.0 Å². The van der Waals surface area contributed by atoms with Gasteiger partial charge in [-0.2, -0.15) is 13.2 Å². The molecule has 0 radical (unpaired) electrons. The van der Waals surface area contributed by atoms with E-state index < -0.39 is 11.7 Å². The molecular formula is C20H27F3N4O. The molecule has 1 heterocycles. The van der Waals surface area contributed by atoms with E-state index in [4.69, 9.17) is 4.74 Å². The van der Waals surface area contributed by atoms with Gasteiger partial charge in [0, 0.05) is 37.8 Å². The number of nitrogens with zero attached hydrogens (tertiary/aromatic N) is 2. The number of morpholine rings is 1. The van der Waals surface area contributed by atoms with Crippen molar-refractivity contribution in [2.24, 2.45) is 4.99 Å². The fourth-order valence-corrected chi connectivity index (χ4v) is 2.85. The maximum atomic E-state index is 12.7. The molecule has 1 fully saturated rings. The van der Waals surface area contributed by atoms with Crippen LogP contribution in [0, 0.1) is 11.8 Å². The number of halogens is 3. The van der Waals surface area contributed by atoms with Gasteiger partial charge in [-0.25, -0.2) is 0 Å². The molecule has 1 aliphatic rings. The predicted molar refractivity (Wildman–Crippen MR) is 104 cm³/mol. The van der Waals surface area contributed by atoms with Gasteiger partial charge in [0.05, 0.1) is 25.3 Å². The molecule has 2 rings (SSSR count). The summed E-state index contributed by atoms with van der Waals surface area (Å²) in [4.78, 5) is 6.53. The van der Waals surface area contributed by atoms with Crippen LogP contribution in [0.3, 0.4) is 0 Å². The fourth-order valence-electron chi connectivity index (χ4n) is 2.85. The van der Waals surface area contributed by atoms with E-state index >= 15 is 0 Å². The van der Waals surface area contributed by atoms with Crippen molar-refractivity contribution in [3.05, 3.63) is 35.4 Å². The highest BCUT2D eigenvalue weighted by Crippen LogP contribution is 2.29. The Morgan fingerprint density at radius 3 is 2.57 bits per heavy atom. The van der Waals surface area contributed by atoms with Gasteiger partial charge in [0.25, 0.3) is 0 Å². The minimum atomic E-state index is -4.37. The van der Waals surface area contributed by atoms with Crippen molar-refractivity contribution in [3.63, 3.8) is 0 Å². The molecular weight excluding hydrogens is 369 g/mol. The number of guanidine groups is 1. The van der Waals surface area contributed by atoms with Gasteiger partial charge in [-0.3, -0.25) is 9.89 Å². The molecule has 0 saturated carbocycles. The van der Waals surface area contributed by atoms with Crippen LogP contribution in [-0.2, 0) is 10.9 Å². The molecule has 0 bridgehead atoms. The van der Waals surface area contributed by atoms with E-state index in [1.165, 1.54) is 6.07 Å². The van der Waals surface area contributed by atoms with E-state index in [0.29, 0.717) is 18.1 Å². The standard InChI is InChI=1S/C20H27F3N4O/c1-19(2,27-10-12-28-13-11-27)15-26-18(24-3)25-9-5-7-16-6-4-8-17(14-16)20(21,22)23/h4,6,8,14H,9-13,15H2,1-3H3,(H2,24,25,26). The average Bonchev–Trinajstić information content (AvgIpc) is 2.67. The van der Waals surface area contributed by atoms with Crippen molar-refractivity contribution in [3.8, 4) is 11.8 Å². The zero-order chi connectivity index (χ0) is 20.6. The second-order valence-electron chi connectivity index (χ2n) is 7.07. The van der Waals surface area contributed by atoms with Crippen molar-refractivity contribution in [2.75, 3.05) is 46.4 Å². The molecule has 2 N–H and O–H groups in total. The summed E-state index contributed by atoms with van der Waals surface area (Å²) in [6.45, 7) is 8.54. The molecule has 1 aromatic rings. The zero-order valence-corrected chi connectivity index (χ0v) is 16.5. The molecule has 1 aliphatic heterocycles. The summed E-state index contributed by atoms with van der Waals surface area (Å²) in [5.74, 6) is 6.17. The van der Waals surface area contributed by atoms with Crippen LogP contribution in [0.4, 0.5) is 13.2 Å². The highest BCUT2D eigenvalue weighted by Gasteiger charge is 2.30. The molecule has 0 aromatic heterocycles. The minimum absolute atomic E-state index is 0.0644. The fraction of sp³-hybridized carbons (Fsp3) is 0.550. The SMILES string of the molecule is CN=C(NCC#Cc1cccc(C(F)(F)F)c1)NCC(C)(C)N1CCOCC1. The Morgan fingerprint density at radius 2 is 1.93 bits per heavy atom. The summed E-state index contributed by atoms with van der Waals surface area (Å²) in [7, 11) is 1.66. The van der Waals surface area contributed by atoms with Crippen LogP contribution in [0.25, 0.3) is 0 Å². The molecule has 1 aromatic carbocycles. The molecule has 0 atom stereocenters. The van der Waals surface area contributed by atoms with E-state index in [1.54, 1.807) is 13.1 Å². The van der Waals surface area contributed by atoms with Gasteiger partial charge in [-0.15, -0.1) is 0 Å². The van der Waals surface area contributed by atoms with Crippen molar-refractivity contribution in [1.82, 2.24) is 15.5 Å². The second-order valence-corrected chi connectivity index (χ2v) is 7.07. The van der Waals surface area contributed by atoms with Crippen LogP contribution in [0.1, 0.15) is 25.0 Å². The average molecular weight is 396 g/mol. The number of aliphatic imine (C=N–C) groups is 1. The highest BCUT2D eigenvalue weighted by molar-refractivity contribution is 5.80. The first-order valence-corrected chi connectivity index (χ1v) is 9.16. The second kappa shape index (κ2) is 9.80. The van der Waals surface area contributed by atoms with Crippen molar-refractivity contribution in [1.29, 1.82) is 0 Å². The summed E-state index contributed by atoms with van der Waals surface area (Å²) in [5, 5.41) is 6.33. The van der Waals surface area contributed by atoms with Gasteiger partial charge in [0.1, 0.15) is 0 Å². The van der Waals surface area contributed by atoms with E-state index in [0.717, 1.165) is 38.4 Å². The molecule has 0 spiro atoms. The first-order valence-electron chi connectivity index (χ1n) is 9.16. The summed E-state index contributed by atoms with van der Waals surface area (Å²) >= 11 is 0. The Labute approximate surface area is 164 Å². The number of ether oxygens (including phenoxy) is 1. The Hall–Kier alpha value is -2.24. The Bertz CT molecular complexity index is 729. The molecule has 5 nitrogen and oxygen atoms in total. The lowest BCUT2D eigenvalue weighted by atomic mass is 10.0. The molecule has 28 heavy (non-hydrogen) atoms. The molecule has 0 unspecified atom stereocenters. The summed E-state index contributed by atoms with van der Waals surface area (Å²) in [6.07, 6.45) is -4.37. The van der Waals surface area contributed by atoms with Crippen LogP contribution in [0.15, 0.2) is 29.3 Å². The van der Waals surface area contributed by atoms with Crippen molar-refractivity contribution < 1.29 is 17.9 Å². The predicted octanol–water partition coefficient (Wildman–Crippen LogP) is 2.33. The number of nitrogens with one attached hydrogen (secondary N) is 2. The lowest BCUT2D eigenvalue weighted by Gasteiger charge is -2.41. The van der Waals surface area contributed by atoms with Gasteiger partial charge < -0.3 is 15.4 Å². The third-order valence-corrected chi connectivity index (χ3v) is 4.55. The summed E-state index contributed by atoms with van der Waals surface area (Å²) in [6, 6.07) is 4.99. The smallest absolute Gasteiger partial charge is 0.379 e. The van der Waals surface area contributed by atoms with Gasteiger partial charge in [-0.1, -0.05) is 17.9 Å². The maximum Gasteiger partial charge on any atom is 0.416 e. The van der Waals surface area contributed by atoms with Crippen LogP contribution in [0.5, 0.6) is 0 Å². The molecule has 1 saturated heterocycles. The quantitative estimate of drug-likeness (QED) is 0.466. The van der Waals surface area contributed by atoms with Crippen molar-refractivity contribution in [2.45, 2.75) is 25.6 Å². The van der Waals surface area contributed by atoms with Gasteiger partial charge in [0.15, 0.2) is 5.96 Å². The number of alkyl halides is 3. The Balaban J connectivity index is 1.84. The van der Waals surface area contributed by atoms with Crippen LogP contribution >= 0.6 is 0 Å². The van der Waals surface area contributed by atoms with Crippen LogP contribution in [-0.4, -0.2) is 62.8 Å². The van der Waals surface area contributed by atoms with Crippen LogP contribution in [0.2, 0.25) is 0 Å². The first-order chi connectivity index (χ1) is 13.2. The summed E-state index contributed by atoms with van der Waals surface area (Å²) < 4.78 is 43.6. The topological polar surface area (TPSA) is 48.9 Å². The van der Waals surface area contributed by atoms with E-state index in [9.17, 15) is 13.2 Å². The summed E-state index contributed by atoms with van der Waals surface area (Å²) in [5.41, 5.74) is -0.436. The third-order valence-electron chi connectivity index (χ3n) is 4.55. The van der Waals surface area contributed by atoms with E-state index in [1.807, 2.05) is 0 Å². The number of benzene rings is 1. The molecule has 154 valence electrons. The Kier molecular flexibility index (Phi) is 7.72. The van der Waals surface area contributed by atoms with Crippen molar-refractivity contribution >= 4 is 5.96 Å². The first kappa shape index (κ1) is 22.1. The molecule has 0 amide bonds. The lowest BCUT2D eigenvalue weighted by molar-refractivity contribution is -0.137. The number of hydrogen-bond donors (Lipinski definition) is 2. The normalized spacial score (nSPS) is 16.3. The number of rotatable bonds is 4. The van der Waals surface area contributed by atoms with E-state index in [2.05, 4.69) is 46.2 Å². The molecule has 8 heteroatoms. The zero-order valence-electron chi connectivity index (χ0n) is 16.5. The third kappa shape index (κ3) is 6.73. The minimum Gasteiger partial charge on any atom is -0.379 e. The van der Waals surface area contributed by atoms with Gasteiger partial charge in [0.2, 0.25) is 0 Å². The van der Waals surface area contributed by atoms with E-state index in [-0.39, 0.29) is 12.1 Å². The largest absolute Gasteiger partial charge is 0.416 e.